The van der Waals surface area contributed by atoms with Crippen LogP contribution in [0.5, 0.6) is 5.75 Å². The van der Waals surface area contributed by atoms with E-state index < -0.39 is 0 Å². The van der Waals surface area contributed by atoms with E-state index in [2.05, 4.69) is 11.0 Å². The number of aromatic nitrogens is 3. The first-order valence-electron chi connectivity index (χ1n) is 10.8. The van der Waals surface area contributed by atoms with Gasteiger partial charge in [-0.3, -0.25) is 4.79 Å². The molecular weight excluding hydrogens is 440 g/mol. The van der Waals surface area contributed by atoms with Crippen LogP contribution in [-0.2, 0) is 18.3 Å². The van der Waals surface area contributed by atoms with Gasteiger partial charge in [0.25, 0.3) is 5.56 Å². The SMILES string of the molecule is COc1cc(Cl)cc(Cn2ccc(-c3cn(C)c4ncc(N5CCOCC5)cc34)cc2=O)c1. The normalized spacial score (nSPS) is 14.1. The summed E-state index contributed by atoms with van der Waals surface area (Å²) >= 11 is 6.18. The van der Waals surface area contributed by atoms with Gasteiger partial charge in [-0.2, -0.15) is 0 Å². The summed E-state index contributed by atoms with van der Waals surface area (Å²) < 4.78 is 14.4. The summed E-state index contributed by atoms with van der Waals surface area (Å²) in [4.78, 5) is 19.9. The van der Waals surface area contributed by atoms with Gasteiger partial charge in [0.2, 0.25) is 0 Å². The van der Waals surface area contributed by atoms with Crippen LogP contribution in [-0.4, -0.2) is 47.5 Å². The highest BCUT2D eigenvalue weighted by Gasteiger charge is 2.16. The summed E-state index contributed by atoms with van der Waals surface area (Å²) in [6, 6.07) is 11.3. The van der Waals surface area contributed by atoms with E-state index in [9.17, 15) is 4.79 Å². The lowest BCUT2D eigenvalue weighted by Gasteiger charge is -2.28. The lowest BCUT2D eigenvalue weighted by molar-refractivity contribution is 0.122. The highest BCUT2D eigenvalue weighted by Crippen LogP contribution is 2.31. The summed E-state index contributed by atoms with van der Waals surface area (Å²) in [6.45, 7) is 3.54. The van der Waals surface area contributed by atoms with Crippen LogP contribution < -0.4 is 15.2 Å². The minimum absolute atomic E-state index is 0.0826. The van der Waals surface area contributed by atoms with Crippen LogP contribution in [0.15, 0.2) is 59.8 Å². The Morgan fingerprint density at radius 1 is 1.15 bits per heavy atom. The second-order valence-electron chi connectivity index (χ2n) is 8.20. The van der Waals surface area contributed by atoms with Crippen LogP contribution >= 0.6 is 11.6 Å². The molecule has 4 heterocycles. The van der Waals surface area contributed by atoms with Crippen molar-refractivity contribution >= 4 is 28.3 Å². The Labute approximate surface area is 196 Å². The molecule has 1 fully saturated rings. The van der Waals surface area contributed by atoms with E-state index in [-0.39, 0.29) is 5.56 Å². The molecule has 0 atom stereocenters. The number of aryl methyl sites for hydroxylation is 1. The van der Waals surface area contributed by atoms with Crippen molar-refractivity contribution in [3.63, 3.8) is 0 Å². The van der Waals surface area contributed by atoms with Crippen LogP contribution in [0.2, 0.25) is 5.02 Å². The van der Waals surface area contributed by atoms with Crippen molar-refractivity contribution in [3.8, 4) is 16.9 Å². The van der Waals surface area contributed by atoms with Crippen molar-refractivity contribution in [1.29, 1.82) is 0 Å². The fourth-order valence-corrected chi connectivity index (χ4v) is 4.55. The van der Waals surface area contributed by atoms with Crippen LogP contribution in [0.1, 0.15) is 5.56 Å². The largest absolute Gasteiger partial charge is 0.497 e. The van der Waals surface area contributed by atoms with E-state index in [4.69, 9.17) is 26.1 Å². The number of halogens is 1. The van der Waals surface area contributed by atoms with E-state index in [1.165, 1.54) is 0 Å². The Morgan fingerprint density at radius 2 is 1.97 bits per heavy atom. The third-order valence-corrected chi connectivity index (χ3v) is 6.22. The molecule has 170 valence electrons. The van der Waals surface area contributed by atoms with Gasteiger partial charge in [0.05, 0.1) is 38.8 Å². The number of ether oxygens (including phenoxy) is 2. The zero-order valence-corrected chi connectivity index (χ0v) is 19.4. The summed E-state index contributed by atoms with van der Waals surface area (Å²) in [6.07, 6.45) is 5.76. The molecule has 33 heavy (non-hydrogen) atoms. The van der Waals surface area contributed by atoms with Crippen molar-refractivity contribution in [2.75, 3.05) is 38.3 Å². The van der Waals surface area contributed by atoms with Gasteiger partial charge in [0.1, 0.15) is 11.4 Å². The molecule has 0 unspecified atom stereocenters. The van der Waals surface area contributed by atoms with E-state index in [1.54, 1.807) is 23.8 Å². The van der Waals surface area contributed by atoms with Gasteiger partial charge in [-0.25, -0.2) is 4.98 Å². The molecule has 3 aromatic heterocycles. The molecule has 0 N–H and O–H groups in total. The number of nitrogens with zero attached hydrogens (tertiary/aromatic N) is 4. The molecule has 0 spiro atoms. The monoisotopic (exact) mass is 464 g/mol. The van der Waals surface area contributed by atoms with E-state index >= 15 is 0 Å². The summed E-state index contributed by atoms with van der Waals surface area (Å²) in [7, 11) is 3.57. The number of rotatable bonds is 5. The Kier molecular flexibility index (Phi) is 5.83. The van der Waals surface area contributed by atoms with Crippen molar-refractivity contribution in [1.82, 2.24) is 14.1 Å². The lowest BCUT2D eigenvalue weighted by Crippen LogP contribution is -2.36. The number of pyridine rings is 2. The van der Waals surface area contributed by atoms with Crippen LogP contribution in [0.25, 0.3) is 22.2 Å². The molecule has 0 amide bonds. The van der Waals surface area contributed by atoms with Gasteiger partial charge in [0.15, 0.2) is 0 Å². The van der Waals surface area contributed by atoms with Gasteiger partial charge in [-0.1, -0.05) is 11.6 Å². The van der Waals surface area contributed by atoms with Gasteiger partial charge >= 0.3 is 0 Å². The molecule has 0 bridgehead atoms. The summed E-state index contributed by atoms with van der Waals surface area (Å²) in [5.74, 6) is 0.668. The second-order valence-corrected chi connectivity index (χ2v) is 8.64. The molecular formula is C25H25ClN4O3. The highest BCUT2D eigenvalue weighted by atomic mass is 35.5. The predicted octanol–water partition coefficient (Wildman–Crippen LogP) is 3.95. The number of morpholine rings is 1. The molecule has 7 nitrogen and oxygen atoms in total. The Morgan fingerprint density at radius 3 is 2.73 bits per heavy atom. The maximum absolute atomic E-state index is 13.0. The number of hydrogen-bond donors (Lipinski definition) is 0. The topological polar surface area (TPSA) is 61.5 Å². The van der Waals surface area contributed by atoms with E-state index in [0.717, 1.165) is 59.7 Å². The van der Waals surface area contributed by atoms with Gasteiger partial charge in [-0.15, -0.1) is 0 Å². The molecule has 0 radical (unpaired) electrons. The third-order valence-electron chi connectivity index (χ3n) is 6.00. The first-order valence-corrected chi connectivity index (χ1v) is 11.2. The van der Waals surface area contributed by atoms with Gasteiger partial charge in [-0.05, 0) is 41.5 Å². The lowest BCUT2D eigenvalue weighted by atomic mass is 10.1. The number of methoxy groups -OCH3 is 1. The van der Waals surface area contributed by atoms with Crippen molar-refractivity contribution in [2.24, 2.45) is 7.05 Å². The maximum Gasteiger partial charge on any atom is 0.251 e. The smallest absolute Gasteiger partial charge is 0.251 e. The molecule has 4 aromatic rings. The number of hydrogen-bond acceptors (Lipinski definition) is 5. The number of fused-ring (bicyclic) bond motifs is 1. The summed E-state index contributed by atoms with van der Waals surface area (Å²) in [5.41, 5.74) is 4.63. The quantitative estimate of drug-likeness (QED) is 0.447. The average molecular weight is 465 g/mol. The van der Waals surface area contributed by atoms with Crippen LogP contribution in [0, 0.1) is 0 Å². The van der Waals surface area contributed by atoms with Crippen LogP contribution in [0.4, 0.5) is 5.69 Å². The minimum Gasteiger partial charge on any atom is -0.497 e. The van der Waals surface area contributed by atoms with Gasteiger partial charge in [0, 0.05) is 54.6 Å². The Balaban J connectivity index is 1.49. The van der Waals surface area contributed by atoms with Crippen LogP contribution in [0.3, 0.4) is 0 Å². The second kappa shape index (κ2) is 8.92. The Bertz CT molecular complexity index is 1370. The number of benzene rings is 1. The fourth-order valence-electron chi connectivity index (χ4n) is 4.31. The molecule has 8 heteroatoms. The Hall–Kier alpha value is -3.29. The fraction of sp³-hybridized carbons (Fsp3) is 0.280. The molecule has 1 aromatic carbocycles. The highest BCUT2D eigenvalue weighted by molar-refractivity contribution is 6.30. The van der Waals surface area contributed by atoms with Crippen molar-refractivity contribution < 1.29 is 9.47 Å². The predicted molar refractivity (Wildman–Crippen MR) is 131 cm³/mol. The molecule has 5 rings (SSSR count). The molecule has 1 saturated heterocycles. The van der Waals surface area contributed by atoms with E-state index in [1.807, 2.05) is 48.4 Å². The number of anilines is 1. The first-order chi connectivity index (χ1) is 16.0. The minimum atomic E-state index is -0.0826. The molecule has 0 aliphatic carbocycles. The van der Waals surface area contributed by atoms with Crippen molar-refractivity contribution in [2.45, 2.75) is 6.54 Å². The zero-order chi connectivity index (χ0) is 22.9. The van der Waals surface area contributed by atoms with Gasteiger partial charge < -0.3 is 23.5 Å². The first kappa shape index (κ1) is 21.6. The van der Waals surface area contributed by atoms with Crippen molar-refractivity contribution in [3.05, 3.63) is 75.9 Å². The standard InChI is InChI=1S/C25H25ClN4O3/c1-28-16-23(22-13-20(14-27-25(22)28)29-5-7-33-8-6-29)18-3-4-30(24(31)11-18)15-17-9-19(26)12-21(10-17)32-2/h3-4,9-14,16H,5-8,15H2,1-2H3. The summed E-state index contributed by atoms with van der Waals surface area (Å²) in [5, 5.41) is 1.60. The third kappa shape index (κ3) is 4.34. The average Bonchev–Trinajstić information content (AvgIpc) is 3.16. The molecule has 1 aliphatic heterocycles. The van der Waals surface area contributed by atoms with E-state index in [0.29, 0.717) is 17.3 Å². The molecule has 0 saturated carbocycles. The zero-order valence-electron chi connectivity index (χ0n) is 18.6. The molecule has 1 aliphatic rings. The maximum atomic E-state index is 13.0.